The molecule has 2 heterocycles. The number of nitrogens with zero attached hydrogens (tertiary/aromatic N) is 2. The number of aryl methyl sites for hydroxylation is 1. The summed E-state index contributed by atoms with van der Waals surface area (Å²) in [5.74, 6) is 0.936. The van der Waals surface area contributed by atoms with Crippen molar-refractivity contribution in [2.75, 3.05) is 19.7 Å². The van der Waals surface area contributed by atoms with Gasteiger partial charge in [-0.1, -0.05) is 30.3 Å². The zero-order valence-corrected chi connectivity index (χ0v) is 21.8. The number of benzene rings is 2. The molecule has 8 nitrogen and oxygen atoms in total. The number of likely N-dealkylation sites (tertiary alicyclic amines) is 1. The van der Waals surface area contributed by atoms with E-state index in [4.69, 9.17) is 13.9 Å². The molecule has 0 aliphatic carbocycles. The third kappa shape index (κ3) is 6.90. The number of aliphatic carboxylic acids is 1. The Labute approximate surface area is 217 Å². The molecule has 3 aromatic rings. The van der Waals surface area contributed by atoms with Gasteiger partial charge in [0.2, 0.25) is 5.89 Å². The molecule has 0 radical (unpaired) electrons. The maximum atomic E-state index is 12.6. The fourth-order valence-electron chi connectivity index (χ4n) is 4.60. The average molecular weight is 507 g/mol. The van der Waals surface area contributed by atoms with Crippen LogP contribution in [-0.4, -0.2) is 52.4 Å². The van der Waals surface area contributed by atoms with Crippen LogP contribution in [0.5, 0.6) is 5.75 Å². The Balaban J connectivity index is 1.36. The van der Waals surface area contributed by atoms with E-state index in [9.17, 15) is 14.7 Å². The van der Waals surface area contributed by atoms with E-state index >= 15 is 0 Å². The Hall–Kier alpha value is -3.81. The van der Waals surface area contributed by atoms with Crippen LogP contribution in [-0.2, 0) is 16.0 Å². The van der Waals surface area contributed by atoms with E-state index in [2.05, 4.69) is 4.98 Å². The second kappa shape index (κ2) is 11.1. The molecule has 4 rings (SSSR count). The number of rotatable bonds is 8. The molecule has 8 heteroatoms. The fourth-order valence-corrected chi connectivity index (χ4v) is 4.60. The van der Waals surface area contributed by atoms with Gasteiger partial charge in [0.15, 0.2) is 0 Å². The highest BCUT2D eigenvalue weighted by molar-refractivity contribution is 5.70. The molecule has 1 saturated heterocycles. The number of carbonyl (C=O) groups is 2. The number of aromatic nitrogens is 1. The van der Waals surface area contributed by atoms with Gasteiger partial charge < -0.3 is 23.9 Å². The summed E-state index contributed by atoms with van der Waals surface area (Å²) < 4.78 is 17.3. The summed E-state index contributed by atoms with van der Waals surface area (Å²) in [6.07, 6.45) is 0.186. The summed E-state index contributed by atoms with van der Waals surface area (Å²) in [5.41, 5.74) is 2.17. The largest absolute Gasteiger partial charge is 0.493 e. The topological polar surface area (TPSA) is 102 Å². The summed E-state index contributed by atoms with van der Waals surface area (Å²) in [5, 5.41) is 9.40. The van der Waals surface area contributed by atoms with Crippen molar-refractivity contribution in [2.45, 2.75) is 52.1 Å². The predicted octanol–water partition coefficient (Wildman–Crippen LogP) is 5.70. The Morgan fingerprint density at radius 2 is 1.78 bits per heavy atom. The van der Waals surface area contributed by atoms with E-state index in [0.717, 1.165) is 22.6 Å². The van der Waals surface area contributed by atoms with Crippen LogP contribution >= 0.6 is 0 Å². The van der Waals surface area contributed by atoms with Crippen LogP contribution in [0, 0.1) is 12.8 Å². The molecular weight excluding hydrogens is 472 g/mol. The van der Waals surface area contributed by atoms with E-state index in [1.807, 2.05) is 82.3 Å². The van der Waals surface area contributed by atoms with E-state index in [0.29, 0.717) is 37.8 Å². The molecule has 1 aliphatic heterocycles. The molecule has 196 valence electrons. The molecule has 1 aliphatic rings. The van der Waals surface area contributed by atoms with Crippen LogP contribution < -0.4 is 4.74 Å². The zero-order chi connectivity index (χ0) is 26.6. The van der Waals surface area contributed by atoms with Crippen LogP contribution in [0.3, 0.4) is 0 Å². The molecule has 1 N–H and O–H groups in total. The van der Waals surface area contributed by atoms with Gasteiger partial charge in [0.05, 0.1) is 18.7 Å². The maximum Gasteiger partial charge on any atom is 0.410 e. The lowest BCUT2D eigenvalue weighted by molar-refractivity contribution is -0.138. The predicted molar refractivity (Wildman–Crippen MR) is 139 cm³/mol. The Kier molecular flexibility index (Phi) is 7.86. The van der Waals surface area contributed by atoms with Crippen LogP contribution in [0.15, 0.2) is 59.0 Å². The van der Waals surface area contributed by atoms with Crippen molar-refractivity contribution in [3.8, 4) is 17.2 Å². The highest BCUT2D eigenvalue weighted by Gasteiger charge is 2.38. The van der Waals surface area contributed by atoms with E-state index in [-0.39, 0.29) is 18.3 Å². The highest BCUT2D eigenvalue weighted by Crippen LogP contribution is 2.36. The molecule has 2 aromatic carbocycles. The molecule has 1 fully saturated rings. The minimum atomic E-state index is -0.875. The first kappa shape index (κ1) is 26.3. The lowest BCUT2D eigenvalue weighted by Gasteiger charge is -2.24. The highest BCUT2D eigenvalue weighted by atomic mass is 16.6. The first-order valence-electron chi connectivity index (χ1n) is 12.5. The third-order valence-corrected chi connectivity index (χ3v) is 6.36. The van der Waals surface area contributed by atoms with Gasteiger partial charge in [-0.25, -0.2) is 9.78 Å². The molecule has 0 bridgehead atoms. The maximum absolute atomic E-state index is 12.6. The summed E-state index contributed by atoms with van der Waals surface area (Å²) >= 11 is 0. The standard InChI is InChI=1S/C29H34N2O6/c1-19-25(30-27(36-19)21-8-6-5-7-9-21)14-15-35-23-12-10-20(11-13-23)24-18-31(17-22(24)16-26(32)33)28(34)37-29(2,3)4/h5-13,22,24H,14-18H2,1-4H3,(H,32,33)/t22-,24-/m0/s1. The molecule has 2 atom stereocenters. The lowest BCUT2D eigenvalue weighted by atomic mass is 9.87. The van der Waals surface area contributed by atoms with Crippen molar-refractivity contribution < 1.29 is 28.6 Å². The first-order valence-corrected chi connectivity index (χ1v) is 12.5. The van der Waals surface area contributed by atoms with Crippen molar-refractivity contribution in [1.29, 1.82) is 0 Å². The minimum Gasteiger partial charge on any atom is -0.493 e. The van der Waals surface area contributed by atoms with Gasteiger partial charge in [-0.3, -0.25) is 4.79 Å². The minimum absolute atomic E-state index is 0.00969. The Bertz CT molecular complexity index is 1210. The number of carbonyl (C=O) groups excluding carboxylic acids is 1. The SMILES string of the molecule is Cc1oc(-c2ccccc2)nc1CCOc1ccc([C@@H]2CN(C(=O)OC(C)(C)C)C[C@@H]2CC(=O)O)cc1. The zero-order valence-electron chi connectivity index (χ0n) is 21.8. The van der Waals surface area contributed by atoms with Crippen LogP contribution in [0.1, 0.15) is 50.1 Å². The first-order chi connectivity index (χ1) is 17.6. The lowest BCUT2D eigenvalue weighted by Crippen LogP contribution is -2.35. The van der Waals surface area contributed by atoms with Gasteiger partial charge in [0, 0.05) is 31.0 Å². The number of amides is 1. The van der Waals surface area contributed by atoms with Crippen molar-refractivity contribution in [3.63, 3.8) is 0 Å². The van der Waals surface area contributed by atoms with Gasteiger partial charge in [0.25, 0.3) is 0 Å². The molecule has 0 unspecified atom stereocenters. The van der Waals surface area contributed by atoms with Gasteiger partial charge in [0.1, 0.15) is 17.1 Å². The number of hydrogen-bond donors (Lipinski definition) is 1. The molecule has 0 spiro atoms. The Morgan fingerprint density at radius 3 is 2.43 bits per heavy atom. The smallest absolute Gasteiger partial charge is 0.410 e. The summed E-state index contributed by atoms with van der Waals surface area (Å²) in [6.45, 7) is 8.57. The number of hydrogen-bond acceptors (Lipinski definition) is 6. The number of oxazole rings is 1. The van der Waals surface area contributed by atoms with Crippen molar-refractivity contribution in [2.24, 2.45) is 5.92 Å². The second-order valence-corrected chi connectivity index (χ2v) is 10.4. The molecule has 1 aromatic heterocycles. The van der Waals surface area contributed by atoms with E-state index in [1.54, 1.807) is 4.90 Å². The van der Waals surface area contributed by atoms with Gasteiger partial charge in [-0.15, -0.1) is 0 Å². The third-order valence-electron chi connectivity index (χ3n) is 6.36. The quantitative estimate of drug-likeness (QED) is 0.418. The molecule has 37 heavy (non-hydrogen) atoms. The van der Waals surface area contributed by atoms with Crippen molar-refractivity contribution >= 4 is 12.1 Å². The summed E-state index contributed by atoms with van der Waals surface area (Å²) in [4.78, 5) is 30.3. The van der Waals surface area contributed by atoms with Crippen LogP contribution in [0.25, 0.3) is 11.5 Å². The van der Waals surface area contributed by atoms with Crippen molar-refractivity contribution in [1.82, 2.24) is 9.88 Å². The van der Waals surface area contributed by atoms with Gasteiger partial charge in [-0.2, -0.15) is 0 Å². The molecule has 1 amide bonds. The van der Waals surface area contributed by atoms with Crippen LogP contribution in [0.4, 0.5) is 4.79 Å². The molecule has 0 saturated carbocycles. The number of carboxylic acid groups (broad SMARTS) is 1. The fraction of sp³-hybridized carbons (Fsp3) is 0.414. The second-order valence-electron chi connectivity index (χ2n) is 10.4. The normalized spacial score (nSPS) is 17.6. The van der Waals surface area contributed by atoms with Gasteiger partial charge >= 0.3 is 12.1 Å². The average Bonchev–Trinajstić information content (AvgIpc) is 3.42. The monoisotopic (exact) mass is 506 g/mol. The van der Waals surface area contributed by atoms with Crippen LogP contribution in [0.2, 0.25) is 0 Å². The summed E-state index contributed by atoms with van der Waals surface area (Å²) in [6, 6.07) is 17.4. The van der Waals surface area contributed by atoms with E-state index in [1.165, 1.54) is 0 Å². The Morgan fingerprint density at radius 1 is 1.08 bits per heavy atom. The van der Waals surface area contributed by atoms with Crippen molar-refractivity contribution in [3.05, 3.63) is 71.6 Å². The molecular formula is C29H34N2O6. The van der Waals surface area contributed by atoms with Gasteiger partial charge in [-0.05, 0) is 63.4 Å². The summed E-state index contributed by atoms with van der Waals surface area (Å²) in [7, 11) is 0. The number of carboxylic acids is 1. The van der Waals surface area contributed by atoms with E-state index < -0.39 is 17.7 Å². The number of ether oxygens (including phenoxy) is 2.